The molecule has 0 fully saturated rings. The van der Waals surface area contributed by atoms with Gasteiger partial charge in [0.05, 0.1) is 0 Å². The van der Waals surface area contributed by atoms with Crippen molar-refractivity contribution in [2.24, 2.45) is 0 Å². The van der Waals surface area contributed by atoms with Crippen LogP contribution in [0.3, 0.4) is 0 Å². The average molecular weight is 213 g/mol. The molecule has 1 aromatic carbocycles. The molecule has 4 nitrogen and oxygen atoms in total. The van der Waals surface area contributed by atoms with Crippen molar-refractivity contribution >= 4 is 39.7 Å². The molecule has 0 saturated heterocycles. The van der Waals surface area contributed by atoms with Gasteiger partial charge in [-0.3, -0.25) is 4.55 Å². The molecule has 1 aromatic rings. The molecule has 6 heteroatoms. The van der Waals surface area contributed by atoms with Crippen LogP contribution in [0.2, 0.25) is 0 Å². The van der Waals surface area contributed by atoms with Crippen LogP contribution in [0.1, 0.15) is 5.56 Å². The van der Waals surface area contributed by atoms with Crippen LogP contribution in [0.5, 0.6) is 0 Å². The molecule has 4 N–H and O–H groups in total. The molecule has 0 atom stereocenters. The van der Waals surface area contributed by atoms with Crippen molar-refractivity contribution < 1.29 is 13.0 Å². The first-order valence-electron chi connectivity index (χ1n) is 3.07. The molecular formula is C7H12NNaO3S. The van der Waals surface area contributed by atoms with Crippen molar-refractivity contribution in [1.82, 2.24) is 6.15 Å². The summed E-state index contributed by atoms with van der Waals surface area (Å²) < 4.78 is 29.2. The van der Waals surface area contributed by atoms with Gasteiger partial charge in [-0.15, -0.1) is 0 Å². The summed E-state index contributed by atoms with van der Waals surface area (Å²) >= 11 is 0. The molecule has 0 saturated carbocycles. The van der Waals surface area contributed by atoms with Crippen molar-refractivity contribution in [3.8, 4) is 0 Å². The predicted molar refractivity (Wildman–Crippen MR) is 53.9 cm³/mol. The predicted octanol–water partition coefficient (Wildman–Crippen LogP) is 0.588. The monoisotopic (exact) mass is 213 g/mol. The third-order valence-corrected chi connectivity index (χ3v) is 1.89. The van der Waals surface area contributed by atoms with Crippen molar-refractivity contribution in [3.63, 3.8) is 0 Å². The molecule has 0 unspecified atom stereocenters. The van der Waals surface area contributed by atoms with Crippen LogP contribution in [0.15, 0.2) is 30.3 Å². The van der Waals surface area contributed by atoms with E-state index in [0.29, 0.717) is 5.56 Å². The van der Waals surface area contributed by atoms with Gasteiger partial charge in [0.2, 0.25) is 0 Å². The van der Waals surface area contributed by atoms with Gasteiger partial charge in [0.25, 0.3) is 10.1 Å². The Morgan fingerprint density at radius 2 is 1.62 bits per heavy atom. The van der Waals surface area contributed by atoms with E-state index in [1.54, 1.807) is 30.3 Å². The molecule has 1 rings (SSSR count). The normalized spacial score (nSPS) is 9.62. The van der Waals surface area contributed by atoms with Gasteiger partial charge in [-0.1, -0.05) is 30.3 Å². The van der Waals surface area contributed by atoms with Crippen LogP contribution in [-0.4, -0.2) is 42.5 Å². The Morgan fingerprint density at radius 3 is 2.00 bits per heavy atom. The van der Waals surface area contributed by atoms with Crippen LogP contribution in [-0.2, 0) is 15.9 Å². The van der Waals surface area contributed by atoms with E-state index in [9.17, 15) is 8.42 Å². The van der Waals surface area contributed by atoms with Gasteiger partial charge in [0, 0.05) is 0 Å². The summed E-state index contributed by atoms with van der Waals surface area (Å²) in [5.41, 5.74) is 0.593. The molecular weight excluding hydrogens is 201 g/mol. The first-order chi connectivity index (χ1) is 5.08. The molecule has 0 aliphatic rings. The maximum atomic E-state index is 10.4. The standard InChI is InChI=1S/C7H8O3S.H3N.Na.H/c8-11(9,10)6-7-4-2-1-3-5-7;;;/h1-5H,6H2,(H,8,9,10);1H3;;. The van der Waals surface area contributed by atoms with Gasteiger partial charge in [-0.25, -0.2) is 0 Å². The molecule has 0 bridgehead atoms. The van der Waals surface area contributed by atoms with Gasteiger partial charge < -0.3 is 6.15 Å². The fourth-order valence-electron chi connectivity index (χ4n) is 0.785. The fourth-order valence-corrected chi connectivity index (χ4v) is 1.40. The maximum absolute atomic E-state index is 10.4. The van der Waals surface area contributed by atoms with Gasteiger partial charge in [0.1, 0.15) is 5.75 Å². The molecule has 0 heterocycles. The zero-order valence-electron chi connectivity index (χ0n) is 6.47. The molecule has 0 aromatic heterocycles. The average Bonchev–Trinajstić information content (AvgIpc) is 1.85. The molecule has 13 heavy (non-hydrogen) atoms. The van der Waals surface area contributed by atoms with E-state index in [-0.39, 0.29) is 41.5 Å². The summed E-state index contributed by atoms with van der Waals surface area (Å²) in [6.07, 6.45) is 0. The van der Waals surface area contributed by atoms with Crippen LogP contribution in [0, 0.1) is 0 Å². The van der Waals surface area contributed by atoms with Gasteiger partial charge >= 0.3 is 29.6 Å². The summed E-state index contributed by atoms with van der Waals surface area (Å²) in [7, 11) is -3.88. The number of hydrogen-bond donors (Lipinski definition) is 2. The van der Waals surface area contributed by atoms with E-state index in [1.807, 2.05) is 0 Å². The van der Waals surface area contributed by atoms with E-state index in [1.165, 1.54) is 0 Å². The topological polar surface area (TPSA) is 89.4 Å². The second kappa shape index (κ2) is 6.53. The molecule has 0 amide bonds. The van der Waals surface area contributed by atoms with E-state index in [4.69, 9.17) is 4.55 Å². The fraction of sp³-hybridized carbons (Fsp3) is 0.143. The van der Waals surface area contributed by atoms with Gasteiger partial charge in [0.15, 0.2) is 0 Å². The summed E-state index contributed by atoms with van der Waals surface area (Å²) in [6.45, 7) is 0. The third kappa shape index (κ3) is 7.18. The Kier molecular flexibility index (Phi) is 7.81. The van der Waals surface area contributed by atoms with Crippen molar-refractivity contribution in [1.29, 1.82) is 0 Å². The Morgan fingerprint density at radius 1 is 1.15 bits per heavy atom. The van der Waals surface area contributed by atoms with Crippen LogP contribution in [0.4, 0.5) is 0 Å². The second-order valence-corrected chi connectivity index (χ2v) is 3.66. The van der Waals surface area contributed by atoms with E-state index in [2.05, 4.69) is 0 Å². The Balaban J connectivity index is 0. The zero-order valence-corrected chi connectivity index (χ0v) is 7.29. The molecule has 0 aliphatic carbocycles. The molecule has 0 spiro atoms. The van der Waals surface area contributed by atoms with Crippen LogP contribution >= 0.6 is 0 Å². The summed E-state index contributed by atoms with van der Waals surface area (Å²) in [4.78, 5) is 0. The minimum absolute atomic E-state index is 0. The summed E-state index contributed by atoms with van der Waals surface area (Å²) in [5.74, 6) is -0.312. The number of rotatable bonds is 2. The Hall–Kier alpha value is 0.0900. The summed E-state index contributed by atoms with van der Waals surface area (Å²) in [6, 6.07) is 8.52. The van der Waals surface area contributed by atoms with E-state index in [0.717, 1.165) is 0 Å². The number of benzene rings is 1. The third-order valence-electron chi connectivity index (χ3n) is 1.19. The SMILES string of the molecule is N.O=S(=O)(O)Cc1ccccc1.[NaH]. The first kappa shape index (κ1) is 15.6. The van der Waals surface area contributed by atoms with Gasteiger partial charge in [-0.05, 0) is 5.56 Å². The summed E-state index contributed by atoms with van der Waals surface area (Å²) in [5, 5.41) is 0. The first-order valence-corrected chi connectivity index (χ1v) is 4.68. The Bertz CT molecular complexity index is 325. The molecule has 0 radical (unpaired) electrons. The van der Waals surface area contributed by atoms with Crippen LogP contribution in [0.25, 0.3) is 0 Å². The molecule has 70 valence electrons. The van der Waals surface area contributed by atoms with Gasteiger partial charge in [-0.2, -0.15) is 8.42 Å². The zero-order chi connectivity index (χ0) is 8.32. The minimum atomic E-state index is -3.88. The van der Waals surface area contributed by atoms with E-state index >= 15 is 0 Å². The second-order valence-electron chi connectivity index (χ2n) is 2.21. The number of hydrogen-bond acceptors (Lipinski definition) is 3. The van der Waals surface area contributed by atoms with Crippen LogP contribution < -0.4 is 6.15 Å². The van der Waals surface area contributed by atoms with E-state index < -0.39 is 10.1 Å². The van der Waals surface area contributed by atoms with Crippen molar-refractivity contribution in [2.45, 2.75) is 5.75 Å². The van der Waals surface area contributed by atoms with Crippen molar-refractivity contribution in [3.05, 3.63) is 35.9 Å². The quantitative estimate of drug-likeness (QED) is 0.555. The molecule has 0 aliphatic heterocycles. The van der Waals surface area contributed by atoms with Crippen molar-refractivity contribution in [2.75, 3.05) is 0 Å². The Labute approximate surface area is 100.0 Å².